The molecular formula is C23H26O4. The van der Waals surface area contributed by atoms with Crippen molar-refractivity contribution in [3.05, 3.63) is 23.8 Å². The monoisotopic (exact) mass is 366 g/mol. The van der Waals surface area contributed by atoms with E-state index in [4.69, 9.17) is 9.84 Å². The fraction of sp³-hybridized carbons (Fsp3) is 0.739. The first-order chi connectivity index (χ1) is 12.9. The fourth-order valence-corrected chi connectivity index (χ4v) is 8.93. The quantitative estimate of drug-likeness (QED) is 0.601. The highest BCUT2D eigenvalue weighted by atomic mass is 16.6. The number of rotatable bonds is 2. The van der Waals surface area contributed by atoms with Crippen LogP contribution in [0.25, 0.3) is 0 Å². The van der Waals surface area contributed by atoms with E-state index in [1.54, 1.807) is 0 Å². The van der Waals surface area contributed by atoms with Crippen LogP contribution in [0, 0.1) is 46.8 Å². The van der Waals surface area contributed by atoms with Crippen LogP contribution in [0.4, 0.5) is 0 Å². The number of epoxide rings is 1. The summed E-state index contributed by atoms with van der Waals surface area (Å²) in [6, 6.07) is 0. The number of carboxylic acids is 1. The number of fused-ring (bicyclic) bond motifs is 10. The molecule has 0 radical (unpaired) electrons. The standard InChI is InChI=1S/C23H26O4/c1-21-5-2-11(24)8-16(21)12-9-13(12)19-15(21)3-6-23-20(19)14-10-17(14)22(23,27-23)7-4-18(25)26/h4,7-8,12-15,17,19-20H,2-3,5-6,9-10H2,1H3,(H,25,26)/t12-,13+,14-,15?,17+,19?,20?,21-,22+,23-/m1/s1. The lowest BCUT2D eigenvalue weighted by Crippen LogP contribution is -2.52. The molecule has 1 aliphatic heterocycles. The number of allylic oxidation sites excluding steroid dienone is 1. The topological polar surface area (TPSA) is 66.9 Å². The minimum absolute atomic E-state index is 0.0666. The average molecular weight is 366 g/mol. The van der Waals surface area contributed by atoms with Crippen molar-refractivity contribution in [1.29, 1.82) is 0 Å². The Bertz CT molecular complexity index is 872. The van der Waals surface area contributed by atoms with Gasteiger partial charge in [-0.2, -0.15) is 0 Å². The Kier molecular flexibility index (Phi) is 2.45. The van der Waals surface area contributed by atoms with E-state index in [1.807, 2.05) is 12.2 Å². The molecule has 27 heavy (non-hydrogen) atoms. The highest BCUT2D eigenvalue weighted by Gasteiger charge is 2.89. The van der Waals surface area contributed by atoms with E-state index in [2.05, 4.69) is 6.92 Å². The van der Waals surface area contributed by atoms with E-state index in [-0.39, 0.29) is 16.6 Å². The molecule has 1 heterocycles. The van der Waals surface area contributed by atoms with Crippen molar-refractivity contribution in [3.63, 3.8) is 0 Å². The maximum atomic E-state index is 12.1. The van der Waals surface area contributed by atoms with Crippen molar-refractivity contribution < 1.29 is 19.4 Å². The normalized spacial score (nSPS) is 61.0. The molecule has 4 heteroatoms. The first-order valence-corrected chi connectivity index (χ1v) is 10.8. The highest BCUT2D eigenvalue weighted by molar-refractivity contribution is 5.92. The maximum Gasteiger partial charge on any atom is 0.328 e. The third kappa shape index (κ3) is 1.56. The van der Waals surface area contributed by atoms with Gasteiger partial charge >= 0.3 is 5.97 Å². The van der Waals surface area contributed by atoms with Crippen LogP contribution in [0.5, 0.6) is 0 Å². The van der Waals surface area contributed by atoms with Crippen molar-refractivity contribution in [2.24, 2.45) is 46.8 Å². The molecule has 1 saturated heterocycles. The van der Waals surface area contributed by atoms with Crippen molar-refractivity contribution in [2.75, 3.05) is 0 Å². The number of ether oxygens (including phenoxy) is 1. The van der Waals surface area contributed by atoms with Gasteiger partial charge in [0.05, 0.1) is 0 Å². The number of ketones is 1. The van der Waals surface area contributed by atoms with E-state index in [1.165, 1.54) is 30.9 Å². The van der Waals surface area contributed by atoms with Crippen molar-refractivity contribution >= 4 is 11.8 Å². The molecule has 7 aliphatic rings. The average Bonchev–Trinajstić information content (AvgIpc) is 3.52. The van der Waals surface area contributed by atoms with Gasteiger partial charge in [0, 0.05) is 12.5 Å². The third-order valence-corrected chi connectivity index (χ3v) is 9.96. The largest absolute Gasteiger partial charge is 0.478 e. The second kappa shape index (κ2) is 4.27. The zero-order valence-corrected chi connectivity index (χ0v) is 15.7. The number of carbonyl (C=O) groups excluding carboxylic acids is 1. The molecule has 1 spiro atoms. The zero-order chi connectivity index (χ0) is 18.3. The van der Waals surface area contributed by atoms with Crippen LogP contribution in [0.15, 0.2) is 23.8 Å². The smallest absolute Gasteiger partial charge is 0.328 e. The minimum atomic E-state index is -0.863. The Labute approximate surface area is 159 Å². The lowest BCUT2D eigenvalue weighted by molar-refractivity contribution is -0.131. The van der Waals surface area contributed by atoms with E-state index in [0.29, 0.717) is 35.9 Å². The van der Waals surface area contributed by atoms with E-state index >= 15 is 0 Å². The molecule has 0 aromatic carbocycles. The van der Waals surface area contributed by atoms with Gasteiger partial charge in [0.15, 0.2) is 5.78 Å². The van der Waals surface area contributed by atoms with Crippen LogP contribution < -0.4 is 0 Å². The summed E-state index contributed by atoms with van der Waals surface area (Å²) in [6.07, 6.45) is 11.7. The highest BCUT2D eigenvalue weighted by Crippen LogP contribution is 2.85. The molecule has 6 aliphatic carbocycles. The molecular weight excluding hydrogens is 340 g/mol. The zero-order valence-electron chi connectivity index (χ0n) is 15.7. The van der Waals surface area contributed by atoms with Gasteiger partial charge in [0.25, 0.3) is 0 Å². The molecule has 3 unspecified atom stereocenters. The van der Waals surface area contributed by atoms with Crippen molar-refractivity contribution in [2.45, 2.75) is 56.7 Å². The number of aliphatic carboxylic acids is 1. The molecule has 5 saturated carbocycles. The summed E-state index contributed by atoms with van der Waals surface area (Å²) in [6.45, 7) is 2.44. The van der Waals surface area contributed by atoms with Crippen LogP contribution in [-0.2, 0) is 14.3 Å². The van der Waals surface area contributed by atoms with Crippen LogP contribution in [0.3, 0.4) is 0 Å². The summed E-state index contributed by atoms with van der Waals surface area (Å²) >= 11 is 0. The second-order valence-corrected chi connectivity index (χ2v) is 10.7. The van der Waals surface area contributed by atoms with Gasteiger partial charge < -0.3 is 9.84 Å². The molecule has 0 amide bonds. The van der Waals surface area contributed by atoms with Crippen LogP contribution in [0.1, 0.15) is 45.4 Å². The molecule has 4 nitrogen and oxygen atoms in total. The van der Waals surface area contributed by atoms with E-state index in [0.717, 1.165) is 30.6 Å². The van der Waals surface area contributed by atoms with Gasteiger partial charge in [-0.15, -0.1) is 0 Å². The Balaban J connectivity index is 1.30. The van der Waals surface area contributed by atoms with Gasteiger partial charge in [-0.3, -0.25) is 4.79 Å². The molecule has 6 fully saturated rings. The molecule has 142 valence electrons. The predicted octanol–water partition coefficient (Wildman–Crippen LogP) is 3.37. The summed E-state index contributed by atoms with van der Waals surface area (Å²) < 4.78 is 6.52. The number of carboxylic acid groups (broad SMARTS) is 1. The molecule has 10 atom stereocenters. The summed E-state index contributed by atoms with van der Waals surface area (Å²) in [7, 11) is 0. The minimum Gasteiger partial charge on any atom is -0.478 e. The summed E-state index contributed by atoms with van der Waals surface area (Å²) in [5.41, 5.74) is 1.36. The van der Waals surface area contributed by atoms with Gasteiger partial charge in [0.2, 0.25) is 0 Å². The number of hydrogen-bond donors (Lipinski definition) is 1. The first-order valence-electron chi connectivity index (χ1n) is 10.8. The molecule has 7 rings (SSSR count). The van der Waals surface area contributed by atoms with E-state index < -0.39 is 5.97 Å². The molecule has 0 bridgehead atoms. The van der Waals surface area contributed by atoms with Crippen LogP contribution in [0.2, 0.25) is 0 Å². The Morgan fingerprint density at radius 2 is 2.11 bits per heavy atom. The van der Waals surface area contributed by atoms with Gasteiger partial charge in [-0.05, 0) is 91.1 Å². The van der Waals surface area contributed by atoms with Crippen molar-refractivity contribution in [1.82, 2.24) is 0 Å². The number of hydrogen-bond acceptors (Lipinski definition) is 3. The molecule has 1 N–H and O–H groups in total. The fourth-order valence-electron chi connectivity index (χ4n) is 8.93. The molecule has 0 aromatic heterocycles. The van der Waals surface area contributed by atoms with Crippen LogP contribution >= 0.6 is 0 Å². The Hall–Kier alpha value is -1.42. The van der Waals surface area contributed by atoms with E-state index in [9.17, 15) is 9.59 Å². The summed E-state index contributed by atoms with van der Waals surface area (Å²) in [5, 5.41) is 9.15. The van der Waals surface area contributed by atoms with Crippen LogP contribution in [-0.4, -0.2) is 28.1 Å². The van der Waals surface area contributed by atoms with Gasteiger partial charge in [-0.1, -0.05) is 12.5 Å². The first kappa shape index (κ1) is 15.5. The lowest BCUT2D eigenvalue weighted by atomic mass is 9.49. The van der Waals surface area contributed by atoms with Gasteiger partial charge in [0.1, 0.15) is 11.2 Å². The summed E-state index contributed by atoms with van der Waals surface area (Å²) in [5.74, 6) is 4.16. The SMILES string of the molecule is C[C@]12CCC(=O)C=C1[C@@H]1C[C@@H]1C1C2CC[C@]23O[C@@]2(C=CC(=O)O)[C@H]2C[C@H]2C13. The van der Waals surface area contributed by atoms with Crippen molar-refractivity contribution in [3.8, 4) is 0 Å². The lowest BCUT2D eigenvalue weighted by Gasteiger charge is -2.55. The second-order valence-electron chi connectivity index (χ2n) is 10.7. The summed E-state index contributed by atoms with van der Waals surface area (Å²) in [4.78, 5) is 23.2. The Morgan fingerprint density at radius 1 is 1.26 bits per heavy atom. The Morgan fingerprint density at radius 3 is 2.93 bits per heavy atom. The van der Waals surface area contributed by atoms with Gasteiger partial charge in [-0.25, -0.2) is 4.79 Å². The molecule has 0 aromatic rings. The third-order valence-electron chi connectivity index (χ3n) is 9.96. The predicted molar refractivity (Wildman–Crippen MR) is 96.7 cm³/mol. The maximum absolute atomic E-state index is 12.1. The number of carbonyl (C=O) groups is 2.